The molecule has 92 valence electrons. The zero-order valence-electron chi connectivity index (χ0n) is 10.4. The van der Waals surface area contributed by atoms with Crippen molar-refractivity contribution in [3.05, 3.63) is 34.9 Å². The maximum Gasteiger partial charge on any atom is 0.311 e. The van der Waals surface area contributed by atoms with E-state index in [9.17, 15) is 9.90 Å². The molecule has 0 aromatic heterocycles. The van der Waals surface area contributed by atoms with Gasteiger partial charge in [0.05, 0.1) is 5.41 Å². The molecule has 1 fully saturated rings. The fraction of sp³-hybridized carbons (Fsp3) is 0.500. The van der Waals surface area contributed by atoms with Crippen LogP contribution in [0.4, 0.5) is 0 Å². The van der Waals surface area contributed by atoms with Crippen molar-refractivity contribution in [3.63, 3.8) is 0 Å². The van der Waals surface area contributed by atoms with Crippen LogP contribution in [0.3, 0.4) is 0 Å². The number of carboxylic acid groups (broad SMARTS) is 1. The van der Waals surface area contributed by atoms with Gasteiger partial charge in [-0.25, -0.2) is 0 Å². The van der Waals surface area contributed by atoms with Crippen LogP contribution in [0.25, 0.3) is 0 Å². The molecule has 0 bridgehead atoms. The Bertz CT molecular complexity index is 450. The number of aryl methyl sites for hydroxylation is 2. The van der Waals surface area contributed by atoms with Gasteiger partial charge in [0.2, 0.25) is 0 Å². The van der Waals surface area contributed by atoms with Crippen LogP contribution in [-0.4, -0.2) is 11.1 Å². The minimum Gasteiger partial charge on any atom is -0.481 e. The molecule has 17 heavy (non-hydrogen) atoms. The summed E-state index contributed by atoms with van der Waals surface area (Å²) in [4.78, 5) is 11.4. The van der Waals surface area contributed by atoms with Gasteiger partial charge in [-0.05, 0) is 37.8 Å². The van der Waals surface area contributed by atoms with Gasteiger partial charge in [0.25, 0.3) is 0 Å². The highest BCUT2D eigenvalue weighted by molar-refractivity contribution is 5.77. The van der Waals surface area contributed by atoms with Crippen LogP contribution in [0, 0.1) is 19.3 Å². The fourth-order valence-corrected chi connectivity index (χ4v) is 2.61. The van der Waals surface area contributed by atoms with Gasteiger partial charge in [-0.15, -0.1) is 0 Å². The molecule has 3 N–H and O–H groups in total. The van der Waals surface area contributed by atoms with E-state index in [1.54, 1.807) is 0 Å². The Labute approximate surface area is 102 Å². The summed E-state index contributed by atoms with van der Waals surface area (Å²) in [5.74, 6) is -0.753. The lowest BCUT2D eigenvalue weighted by Crippen LogP contribution is -2.47. The lowest BCUT2D eigenvalue weighted by atomic mass is 9.62. The topological polar surface area (TPSA) is 63.3 Å². The van der Waals surface area contributed by atoms with Crippen molar-refractivity contribution in [1.82, 2.24) is 0 Å². The zero-order valence-corrected chi connectivity index (χ0v) is 10.4. The molecule has 1 unspecified atom stereocenters. The number of benzene rings is 1. The van der Waals surface area contributed by atoms with Crippen molar-refractivity contribution in [2.45, 2.75) is 39.2 Å². The standard InChI is InChI=1S/C14H19NO2/c1-9-4-5-10(2)11(8-9)12(15)14(13(16)17)6-3-7-14/h4-5,8,12H,3,6-7,15H2,1-2H3,(H,16,17). The Morgan fingerprint density at radius 1 is 1.41 bits per heavy atom. The smallest absolute Gasteiger partial charge is 0.311 e. The van der Waals surface area contributed by atoms with Crippen LogP contribution in [0.5, 0.6) is 0 Å². The summed E-state index contributed by atoms with van der Waals surface area (Å²) in [6.07, 6.45) is 2.35. The van der Waals surface area contributed by atoms with Gasteiger partial charge in [0.15, 0.2) is 0 Å². The molecule has 1 aliphatic rings. The van der Waals surface area contributed by atoms with E-state index in [2.05, 4.69) is 0 Å². The van der Waals surface area contributed by atoms with E-state index in [1.807, 2.05) is 32.0 Å². The van der Waals surface area contributed by atoms with Gasteiger partial charge in [-0.3, -0.25) is 4.79 Å². The predicted molar refractivity (Wildman–Crippen MR) is 66.8 cm³/mol. The molecule has 1 aromatic rings. The second kappa shape index (κ2) is 4.15. The van der Waals surface area contributed by atoms with E-state index in [0.29, 0.717) is 12.8 Å². The SMILES string of the molecule is Cc1ccc(C)c(C(N)C2(C(=O)O)CCC2)c1. The van der Waals surface area contributed by atoms with Crippen molar-refractivity contribution < 1.29 is 9.90 Å². The number of carboxylic acids is 1. The first-order valence-electron chi connectivity index (χ1n) is 6.03. The first kappa shape index (κ1) is 12.1. The largest absolute Gasteiger partial charge is 0.481 e. The van der Waals surface area contributed by atoms with Crippen LogP contribution in [-0.2, 0) is 4.79 Å². The average molecular weight is 233 g/mol. The van der Waals surface area contributed by atoms with Crippen LogP contribution >= 0.6 is 0 Å². The molecule has 1 saturated carbocycles. The Kier molecular flexibility index (Phi) is 2.96. The van der Waals surface area contributed by atoms with Gasteiger partial charge < -0.3 is 10.8 Å². The summed E-state index contributed by atoms with van der Waals surface area (Å²) in [5.41, 5.74) is 8.67. The summed E-state index contributed by atoms with van der Waals surface area (Å²) in [6.45, 7) is 3.99. The Hall–Kier alpha value is -1.35. The highest BCUT2D eigenvalue weighted by atomic mass is 16.4. The van der Waals surface area contributed by atoms with Gasteiger partial charge in [-0.2, -0.15) is 0 Å². The molecular weight excluding hydrogens is 214 g/mol. The summed E-state index contributed by atoms with van der Waals surface area (Å²) in [7, 11) is 0. The lowest BCUT2D eigenvalue weighted by Gasteiger charge is -2.43. The molecule has 0 spiro atoms. The second-order valence-corrected chi connectivity index (χ2v) is 5.15. The van der Waals surface area contributed by atoms with Crippen molar-refractivity contribution in [2.75, 3.05) is 0 Å². The number of carbonyl (C=O) groups is 1. The Balaban J connectivity index is 2.39. The van der Waals surface area contributed by atoms with Crippen LogP contribution in [0.15, 0.2) is 18.2 Å². The van der Waals surface area contributed by atoms with Crippen LogP contribution in [0.2, 0.25) is 0 Å². The van der Waals surface area contributed by atoms with Gasteiger partial charge >= 0.3 is 5.97 Å². The summed E-state index contributed by atoms with van der Waals surface area (Å²) < 4.78 is 0. The van der Waals surface area contributed by atoms with E-state index in [-0.39, 0.29) is 0 Å². The molecule has 1 atom stereocenters. The van der Waals surface area contributed by atoms with E-state index in [0.717, 1.165) is 23.1 Å². The molecule has 3 heteroatoms. The molecule has 0 amide bonds. The molecule has 1 aliphatic carbocycles. The first-order valence-corrected chi connectivity index (χ1v) is 6.03. The Morgan fingerprint density at radius 3 is 2.53 bits per heavy atom. The fourth-order valence-electron chi connectivity index (χ4n) is 2.61. The molecule has 0 saturated heterocycles. The summed E-state index contributed by atoms with van der Waals surface area (Å²) >= 11 is 0. The van der Waals surface area contributed by atoms with Gasteiger partial charge in [0, 0.05) is 6.04 Å². The summed E-state index contributed by atoms with van der Waals surface area (Å²) in [6, 6.07) is 5.66. The first-order chi connectivity index (χ1) is 7.97. The third-order valence-electron chi connectivity index (χ3n) is 4.04. The molecule has 1 aromatic carbocycles. The summed E-state index contributed by atoms with van der Waals surface area (Å²) in [5, 5.41) is 9.40. The maximum atomic E-state index is 11.4. The number of aliphatic carboxylic acids is 1. The molecule has 3 nitrogen and oxygen atoms in total. The van der Waals surface area contributed by atoms with Crippen molar-refractivity contribution in [1.29, 1.82) is 0 Å². The normalized spacial score (nSPS) is 19.5. The monoisotopic (exact) mass is 233 g/mol. The molecular formula is C14H19NO2. The quantitative estimate of drug-likeness (QED) is 0.843. The average Bonchev–Trinajstić information content (AvgIpc) is 2.19. The minimum atomic E-state index is -0.753. The molecule has 0 heterocycles. The van der Waals surface area contributed by atoms with E-state index >= 15 is 0 Å². The third kappa shape index (κ3) is 1.84. The maximum absolute atomic E-state index is 11.4. The lowest BCUT2D eigenvalue weighted by molar-refractivity contribution is -0.156. The van der Waals surface area contributed by atoms with Crippen molar-refractivity contribution in [2.24, 2.45) is 11.1 Å². The van der Waals surface area contributed by atoms with Crippen LogP contribution in [0.1, 0.15) is 42.0 Å². The van der Waals surface area contributed by atoms with Crippen molar-refractivity contribution in [3.8, 4) is 0 Å². The van der Waals surface area contributed by atoms with E-state index in [1.165, 1.54) is 0 Å². The van der Waals surface area contributed by atoms with Gasteiger partial charge in [-0.1, -0.05) is 30.2 Å². The molecule has 0 aliphatic heterocycles. The minimum absolute atomic E-state index is 0.395. The third-order valence-corrected chi connectivity index (χ3v) is 4.04. The number of hydrogen-bond acceptors (Lipinski definition) is 2. The number of hydrogen-bond donors (Lipinski definition) is 2. The highest BCUT2D eigenvalue weighted by Crippen LogP contribution is 2.49. The van der Waals surface area contributed by atoms with Gasteiger partial charge in [0.1, 0.15) is 0 Å². The predicted octanol–water partition coefficient (Wildman–Crippen LogP) is 2.56. The van der Waals surface area contributed by atoms with Crippen LogP contribution < -0.4 is 5.73 Å². The second-order valence-electron chi connectivity index (χ2n) is 5.15. The zero-order chi connectivity index (χ0) is 12.6. The van der Waals surface area contributed by atoms with Crippen molar-refractivity contribution >= 4 is 5.97 Å². The highest BCUT2D eigenvalue weighted by Gasteiger charge is 2.50. The van der Waals surface area contributed by atoms with E-state index in [4.69, 9.17) is 5.73 Å². The van der Waals surface area contributed by atoms with E-state index < -0.39 is 17.4 Å². The molecule has 2 rings (SSSR count). The molecule has 0 radical (unpaired) electrons. The number of rotatable bonds is 3. The Morgan fingerprint density at radius 2 is 2.06 bits per heavy atom. The number of nitrogens with two attached hydrogens (primary N) is 1.